The van der Waals surface area contributed by atoms with E-state index in [4.69, 9.17) is 0 Å². The highest BCUT2D eigenvalue weighted by molar-refractivity contribution is 7.62. The molecular weight excluding hydrogens is 165 g/mol. The summed E-state index contributed by atoms with van der Waals surface area (Å²) in [6.07, 6.45) is 0.377. The lowest BCUT2D eigenvalue weighted by molar-refractivity contribution is -0.139. The Hall–Kier alpha value is -0.340. The highest BCUT2D eigenvalue weighted by atomic mass is 31.2. The van der Waals surface area contributed by atoms with Gasteiger partial charge in [-0.3, -0.25) is 4.79 Å². The van der Waals surface area contributed by atoms with Gasteiger partial charge in [0, 0.05) is 6.29 Å². The smallest absolute Gasteiger partial charge is 0.319 e. The summed E-state index contributed by atoms with van der Waals surface area (Å²) >= 11 is 0. The maximum Gasteiger partial charge on any atom is 0.319 e. The fourth-order valence-electron chi connectivity index (χ4n) is 0.499. The monoisotopic (exact) mass is 179 g/mol. The van der Waals surface area contributed by atoms with E-state index in [1.54, 1.807) is 13.3 Å². The predicted octanol–water partition coefficient (Wildman–Crippen LogP) is 0.329. The Labute approximate surface area is 66.7 Å². The van der Waals surface area contributed by atoms with Crippen LogP contribution >= 0.6 is 7.14 Å². The number of nitrogens with one attached hydrogen (secondary N) is 1. The summed E-state index contributed by atoms with van der Waals surface area (Å²) in [6.45, 7) is 3.46. The van der Waals surface area contributed by atoms with Crippen molar-refractivity contribution in [2.75, 3.05) is 33.3 Å². The van der Waals surface area contributed by atoms with Gasteiger partial charge in [0.05, 0.1) is 20.8 Å². The van der Waals surface area contributed by atoms with Crippen molar-refractivity contribution in [2.45, 2.75) is 0 Å². The molecule has 0 radical (unpaired) electrons. The number of carbonyl (C=O) groups is 1. The molecule has 0 fully saturated rings. The molecule has 0 unspecified atom stereocenters. The van der Waals surface area contributed by atoms with Gasteiger partial charge in [-0.15, -0.1) is 0 Å². The Morgan fingerprint density at radius 1 is 1.55 bits per heavy atom. The van der Waals surface area contributed by atoms with Crippen molar-refractivity contribution in [1.29, 1.82) is 0 Å². The van der Waals surface area contributed by atoms with Crippen LogP contribution in [0.2, 0.25) is 0 Å². The first kappa shape index (κ1) is 10.7. The second-order valence-corrected chi connectivity index (χ2v) is 6.20. The number of ether oxygens (including phenoxy) is 1. The van der Waals surface area contributed by atoms with Gasteiger partial charge in [-0.2, -0.15) is 0 Å². The minimum atomic E-state index is -2.05. The molecule has 0 aliphatic heterocycles. The summed E-state index contributed by atoms with van der Waals surface area (Å²) in [5.74, 6) is -0.335. The van der Waals surface area contributed by atoms with E-state index in [1.807, 2.05) is 0 Å². The Morgan fingerprint density at radius 2 is 2.09 bits per heavy atom. The highest BCUT2D eigenvalue weighted by Crippen LogP contribution is 2.33. The first-order valence-corrected chi connectivity index (χ1v) is 6.06. The van der Waals surface area contributed by atoms with Gasteiger partial charge in [0.25, 0.3) is 0 Å². The lowest BCUT2D eigenvalue weighted by atomic mass is 10.7. The lowest BCUT2D eigenvalue weighted by Gasteiger charge is -2.06. The van der Waals surface area contributed by atoms with Crippen LogP contribution in [0.1, 0.15) is 0 Å². The summed E-state index contributed by atoms with van der Waals surface area (Å²) in [5, 5.41) is 2.74. The number of hydrogen-bond acceptors (Lipinski definition) is 4. The van der Waals surface area contributed by atoms with E-state index in [2.05, 4.69) is 10.1 Å². The molecule has 66 valence electrons. The molecule has 11 heavy (non-hydrogen) atoms. The minimum Gasteiger partial charge on any atom is -0.468 e. The zero-order valence-electron chi connectivity index (χ0n) is 7.09. The third-order valence-electron chi connectivity index (χ3n) is 0.990. The first-order valence-electron chi connectivity index (χ1n) is 3.27. The van der Waals surface area contributed by atoms with Gasteiger partial charge in [0.15, 0.2) is 0 Å². The molecule has 4 nitrogen and oxygen atoms in total. The highest BCUT2D eigenvalue weighted by Gasteiger charge is 2.06. The van der Waals surface area contributed by atoms with Gasteiger partial charge in [0.1, 0.15) is 0 Å². The summed E-state index contributed by atoms with van der Waals surface area (Å²) in [6, 6.07) is 0. The van der Waals surface area contributed by atoms with Crippen molar-refractivity contribution in [1.82, 2.24) is 5.32 Å². The fourth-order valence-corrected chi connectivity index (χ4v) is 1.15. The number of methoxy groups -OCH3 is 1. The average Bonchev–Trinajstić information content (AvgIpc) is 1.85. The van der Waals surface area contributed by atoms with E-state index in [9.17, 15) is 9.36 Å². The van der Waals surface area contributed by atoms with Crippen LogP contribution in [0, 0.1) is 0 Å². The van der Waals surface area contributed by atoms with Crippen molar-refractivity contribution in [2.24, 2.45) is 0 Å². The normalized spacial score (nSPS) is 11.2. The van der Waals surface area contributed by atoms with Crippen molar-refractivity contribution in [3.8, 4) is 0 Å². The SMILES string of the molecule is COC(=O)CNCP(C)(C)=O. The molecule has 0 aromatic heterocycles. The molecule has 0 aliphatic rings. The molecule has 0 spiro atoms. The topological polar surface area (TPSA) is 55.4 Å². The van der Waals surface area contributed by atoms with E-state index in [0.29, 0.717) is 6.29 Å². The summed E-state index contributed by atoms with van der Waals surface area (Å²) in [4.78, 5) is 10.5. The van der Waals surface area contributed by atoms with E-state index in [-0.39, 0.29) is 12.5 Å². The van der Waals surface area contributed by atoms with Gasteiger partial charge in [0.2, 0.25) is 0 Å². The molecule has 0 saturated heterocycles. The minimum absolute atomic E-state index is 0.127. The average molecular weight is 179 g/mol. The standard InChI is InChI=1S/C6H14NO3P/c1-10-6(8)4-7-5-11(2,3)9/h7H,4-5H2,1-3H3. The van der Waals surface area contributed by atoms with Crippen molar-refractivity contribution < 1.29 is 14.1 Å². The third-order valence-corrected chi connectivity index (χ3v) is 1.97. The van der Waals surface area contributed by atoms with Crippen molar-refractivity contribution in [3.63, 3.8) is 0 Å². The van der Waals surface area contributed by atoms with Gasteiger partial charge >= 0.3 is 5.97 Å². The van der Waals surface area contributed by atoms with Crippen molar-refractivity contribution >= 4 is 13.1 Å². The quantitative estimate of drug-likeness (QED) is 0.499. The van der Waals surface area contributed by atoms with Crippen LogP contribution in [-0.4, -0.2) is 39.2 Å². The molecule has 5 heteroatoms. The molecule has 0 aliphatic carbocycles. The van der Waals surface area contributed by atoms with E-state index < -0.39 is 7.14 Å². The second kappa shape index (κ2) is 4.52. The lowest BCUT2D eigenvalue weighted by Crippen LogP contribution is -2.24. The third kappa shape index (κ3) is 7.56. The van der Waals surface area contributed by atoms with Gasteiger partial charge in [-0.25, -0.2) is 0 Å². The molecule has 0 aromatic rings. The summed E-state index contributed by atoms with van der Waals surface area (Å²) < 4.78 is 15.4. The first-order chi connectivity index (χ1) is 4.95. The summed E-state index contributed by atoms with van der Waals surface area (Å²) in [5.41, 5.74) is 0. The zero-order valence-corrected chi connectivity index (χ0v) is 7.98. The molecule has 0 atom stereocenters. The molecule has 0 heterocycles. The van der Waals surface area contributed by atoms with Gasteiger partial charge in [-0.1, -0.05) is 0 Å². The van der Waals surface area contributed by atoms with Gasteiger partial charge < -0.3 is 14.6 Å². The van der Waals surface area contributed by atoms with E-state index >= 15 is 0 Å². The van der Waals surface area contributed by atoms with Crippen LogP contribution in [-0.2, 0) is 14.1 Å². The molecule has 1 N–H and O–H groups in total. The largest absolute Gasteiger partial charge is 0.468 e. The Kier molecular flexibility index (Phi) is 4.38. The van der Waals surface area contributed by atoms with Crippen LogP contribution in [0.3, 0.4) is 0 Å². The van der Waals surface area contributed by atoms with Crippen LogP contribution in [0.5, 0.6) is 0 Å². The van der Waals surface area contributed by atoms with Crippen molar-refractivity contribution in [3.05, 3.63) is 0 Å². The Balaban J connectivity index is 3.43. The number of carbonyl (C=O) groups excluding carboxylic acids is 1. The molecular formula is C6H14NO3P. The van der Waals surface area contributed by atoms with Gasteiger partial charge in [-0.05, 0) is 13.3 Å². The van der Waals surface area contributed by atoms with Crippen LogP contribution in [0.15, 0.2) is 0 Å². The van der Waals surface area contributed by atoms with Crippen LogP contribution in [0.25, 0.3) is 0 Å². The zero-order chi connectivity index (χ0) is 8.91. The molecule has 0 saturated carbocycles. The fraction of sp³-hybridized carbons (Fsp3) is 0.833. The number of esters is 1. The van der Waals surface area contributed by atoms with E-state index in [0.717, 1.165) is 0 Å². The summed E-state index contributed by atoms with van der Waals surface area (Å²) in [7, 11) is -0.730. The van der Waals surface area contributed by atoms with Crippen LogP contribution in [0.4, 0.5) is 0 Å². The van der Waals surface area contributed by atoms with E-state index in [1.165, 1.54) is 7.11 Å². The molecule has 0 amide bonds. The van der Waals surface area contributed by atoms with Crippen LogP contribution < -0.4 is 5.32 Å². The molecule has 0 rings (SSSR count). The maximum atomic E-state index is 11.1. The molecule has 0 aromatic carbocycles. The number of rotatable bonds is 4. The Bertz CT molecular complexity index is 175. The maximum absolute atomic E-state index is 11.1. The Morgan fingerprint density at radius 3 is 2.45 bits per heavy atom. The molecule has 0 bridgehead atoms. The second-order valence-electron chi connectivity index (χ2n) is 2.73. The predicted molar refractivity (Wildman–Crippen MR) is 44.3 cm³/mol. The number of hydrogen-bond donors (Lipinski definition) is 1.